The SMILES string of the molecule is CCC1=CC2=C(C=CCCC2)C(C)C1. The lowest BCUT2D eigenvalue weighted by Crippen LogP contribution is -2.07. The summed E-state index contributed by atoms with van der Waals surface area (Å²) in [5.41, 5.74) is 4.88. The van der Waals surface area contributed by atoms with Gasteiger partial charge in [0.1, 0.15) is 0 Å². The molecule has 0 heteroatoms. The molecule has 0 fully saturated rings. The molecule has 0 N–H and O–H groups in total. The molecule has 1 atom stereocenters. The average Bonchev–Trinajstić information content (AvgIpc) is 2.42. The molecule has 0 amide bonds. The van der Waals surface area contributed by atoms with Crippen LogP contribution in [0.15, 0.2) is 34.9 Å². The Hall–Kier alpha value is -0.780. The van der Waals surface area contributed by atoms with E-state index in [0.717, 1.165) is 5.92 Å². The first kappa shape index (κ1) is 9.76. The van der Waals surface area contributed by atoms with Crippen LogP contribution in [0.3, 0.4) is 0 Å². The molecule has 0 saturated heterocycles. The molecule has 2 aliphatic rings. The molecule has 14 heavy (non-hydrogen) atoms. The fourth-order valence-corrected chi connectivity index (χ4v) is 2.56. The molecule has 0 radical (unpaired) electrons. The second-order valence-corrected chi connectivity index (χ2v) is 4.54. The van der Waals surface area contributed by atoms with Gasteiger partial charge in [0.25, 0.3) is 0 Å². The Balaban J connectivity index is 2.33. The van der Waals surface area contributed by atoms with E-state index in [1.807, 2.05) is 0 Å². The molecule has 0 aromatic rings. The Labute approximate surface area is 87.4 Å². The summed E-state index contributed by atoms with van der Waals surface area (Å²) in [6.07, 6.45) is 13.6. The van der Waals surface area contributed by atoms with Crippen molar-refractivity contribution in [3.05, 3.63) is 34.9 Å². The molecular weight excluding hydrogens is 168 g/mol. The molecule has 0 bridgehead atoms. The van der Waals surface area contributed by atoms with Gasteiger partial charge in [0.05, 0.1) is 0 Å². The zero-order chi connectivity index (χ0) is 9.97. The maximum absolute atomic E-state index is 2.46. The molecule has 0 aromatic carbocycles. The van der Waals surface area contributed by atoms with E-state index in [0.29, 0.717) is 0 Å². The summed E-state index contributed by atoms with van der Waals surface area (Å²) in [5.74, 6) is 0.749. The molecule has 0 spiro atoms. The number of rotatable bonds is 1. The van der Waals surface area contributed by atoms with Crippen molar-refractivity contribution in [1.29, 1.82) is 0 Å². The van der Waals surface area contributed by atoms with Crippen LogP contribution < -0.4 is 0 Å². The Kier molecular flexibility index (Phi) is 2.90. The molecule has 0 aromatic heterocycles. The van der Waals surface area contributed by atoms with Gasteiger partial charge in [-0.05, 0) is 49.2 Å². The number of hydrogen-bond acceptors (Lipinski definition) is 0. The van der Waals surface area contributed by atoms with Crippen LogP contribution in [0, 0.1) is 5.92 Å². The van der Waals surface area contributed by atoms with Gasteiger partial charge in [0, 0.05) is 0 Å². The largest absolute Gasteiger partial charge is 0.0842 e. The first-order chi connectivity index (χ1) is 6.81. The molecular formula is C14H20. The molecule has 0 heterocycles. The van der Waals surface area contributed by atoms with E-state index >= 15 is 0 Å². The third-order valence-corrected chi connectivity index (χ3v) is 3.42. The van der Waals surface area contributed by atoms with Gasteiger partial charge in [-0.25, -0.2) is 0 Å². The molecule has 2 rings (SSSR count). The van der Waals surface area contributed by atoms with E-state index in [4.69, 9.17) is 0 Å². The Morgan fingerprint density at radius 3 is 3.07 bits per heavy atom. The minimum Gasteiger partial charge on any atom is -0.0842 e. The topological polar surface area (TPSA) is 0 Å². The summed E-state index contributed by atoms with van der Waals surface area (Å²) in [6, 6.07) is 0. The van der Waals surface area contributed by atoms with Gasteiger partial charge in [-0.3, -0.25) is 0 Å². The predicted molar refractivity (Wildman–Crippen MR) is 62.2 cm³/mol. The second-order valence-electron chi connectivity index (χ2n) is 4.54. The van der Waals surface area contributed by atoms with Crippen LogP contribution in [0.2, 0.25) is 0 Å². The zero-order valence-electron chi connectivity index (χ0n) is 9.34. The predicted octanol–water partition coefficient (Wildman–Crippen LogP) is 4.40. The van der Waals surface area contributed by atoms with Crippen LogP contribution in [0.25, 0.3) is 0 Å². The first-order valence-electron chi connectivity index (χ1n) is 5.90. The maximum atomic E-state index is 2.46. The lowest BCUT2D eigenvalue weighted by Gasteiger charge is -2.23. The number of allylic oxidation sites excluding steroid dienone is 6. The minimum atomic E-state index is 0.749. The van der Waals surface area contributed by atoms with Crippen molar-refractivity contribution in [1.82, 2.24) is 0 Å². The highest BCUT2D eigenvalue weighted by Gasteiger charge is 2.18. The van der Waals surface area contributed by atoms with Gasteiger partial charge in [-0.2, -0.15) is 0 Å². The van der Waals surface area contributed by atoms with E-state index in [-0.39, 0.29) is 0 Å². The first-order valence-corrected chi connectivity index (χ1v) is 5.90. The lowest BCUT2D eigenvalue weighted by molar-refractivity contribution is 0.648. The van der Waals surface area contributed by atoms with E-state index in [1.165, 1.54) is 32.1 Å². The highest BCUT2D eigenvalue weighted by molar-refractivity contribution is 5.41. The summed E-state index contributed by atoms with van der Waals surface area (Å²) in [5, 5.41) is 0. The third-order valence-electron chi connectivity index (χ3n) is 3.42. The van der Waals surface area contributed by atoms with Crippen LogP contribution in [-0.4, -0.2) is 0 Å². The summed E-state index contributed by atoms with van der Waals surface area (Å²) in [7, 11) is 0. The molecule has 0 nitrogen and oxygen atoms in total. The van der Waals surface area contributed by atoms with E-state index in [1.54, 1.807) is 16.7 Å². The monoisotopic (exact) mass is 188 g/mol. The Morgan fingerprint density at radius 2 is 2.29 bits per heavy atom. The van der Waals surface area contributed by atoms with Crippen molar-refractivity contribution in [2.24, 2.45) is 5.92 Å². The van der Waals surface area contributed by atoms with Gasteiger partial charge in [0.15, 0.2) is 0 Å². The van der Waals surface area contributed by atoms with Gasteiger partial charge < -0.3 is 0 Å². The highest BCUT2D eigenvalue weighted by atomic mass is 14.2. The fourth-order valence-electron chi connectivity index (χ4n) is 2.56. The van der Waals surface area contributed by atoms with Gasteiger partial charge in [-0.15, -0.1) is 0 Å². The summed E-state index contributed by atoms with van der Waals surface area (Å²) < 4.78 is 0. The molecule has 1 unspecified atom stereocenters. The van der Waals surface area contributed by atoms with Crippen LogP contribution in [0.1, 0.15) is 46.0 Å². The molecule has 0 saturated carbocycles. The smallest absolute Gasteiger partial charge is 0.0150 e. The van der Waals surface area contributed by atoms with Crippen LogP contribution in [-0.2, 0) is 0 Å². The van der Waals surface area contributed by atoms with E-state index in [9.17, 15) is 0 Å². The van der Waals surface area contributed by atoms with Crippen molar-refractivity contribution in [2.45, 2.75) is 46.0 Å². The van der Waals surface area contributed by atoms with Crippen molar-refractivity contribution in [3.63, 3.8) is 0 Å². The zero-order valence-corrected chi connectivity index (χ0v) is 9.34. The second kappa shape index (κ2) is 4.16. The molecule has 0 aliphatic heterocycles. The molecule has 76 valence electrons. The highest BCUT2D eigenvalue weighted by Crippen LogP contribution is 2.35. The van der Waals surface area contributed by atoms with Crippen molar-refractivity contribution < 1.29 is 0 Å². The van der Waals surface area contributed by atoms with Crippen molar-refractivity contribution in [3.8, 4) is 0 Å². The average molecular weight is 188 g/mol. The van der Waals surface area contributed by atoms with Gasteiger partial charge in [0.2, 0.25) is 0 Å². The quantitative estimate of drug-likeness (QED) is 0.572. The van der Waals surface area contributed by atoms with Crippen molar-refractivity contribution in [2.75, 3.05) is 0 Å². The fraction of sp³-hybridized carbons (Fsp3) is 0.571. The maximum Gasteiger partial charge on any atom is -0.0150 e. The summed E-state index contributed by atoms with van der Waals surface area (Å²) >= 11 is 0. The minimum absolute atomic E-state index is 0.749. The van der Waals surface area contributed by atoms with Crippen LogP contribution in [0.4, 0.5) is 0 Å². The van der Waals surface area contributed by atoms with Crippen LogP contribution in [0.5, 0.6) is 0 Å². The standard InChI is InChI=1S/C14H20/c1-3-12-9-11(2)14-8-6-4-5-7-13(14)10-12/h6,8,10-11H,3-5,7,9H2,1-2H3. The normalized spacial score (nSPS) is 27.0. The lowest BCUT2D eigenvalue weighted by atomic mass is 9.82. The summed E-state index contributed by atoms with van der Waals surface area (Å²) in [4.78, 5) is 0. The van der Waals surface area contributed by atoms with E-state index < -0.39 is 0 Å². The van der Waals surface area contributed by atoms with Gasteiger partial charge in [-0.1, -0.05) is 37.6 Å². The number of hydrogen-bond donors (Lipinski definition) is 0. The Morgan fingerprint density at radius 1 is 1.43 bits per heavy atom. The van der Waals surface area contributed by atoms with Crippen molar-refractivity contribution >= 4 is 0 Å². The Bertz CT molecular complexity index is 302. The van der Waals surface area contributed by atoms with E-state index in [2.05, 4.69) is 32.1 Å². The molecule has 2 aliphatic carbocycles. The van der Waals surface area contributed by atoms with Gasteiger partial charge >= 0.3 is 0 Å². The van der Waals surface area contributed by atoms with Crippen LogP contribution >= 0.6 is 0 Å². The third kappa shape index (κ3) is 1.84. The summed E-state index contributed by atoms with van der Waals surface area (Å²) in [6.45, 7) is 4.64.